The molecule has 3 aromatic carbocycles. The van der Waals surface area contributed by atoms with Gasteiger partial charge >= 0.3 is 0 Å². The number of likely N-dealkylation sites (N-methyl/N-ethyl adjacent to an activating group) is 1. The third-order valence-electron chi connectivity index (χ3n) is 4.34. The highest BCUT2D eigenvalue weighted by molar-refractivity contribution is 5.96. The van der Waals surface area contributed by atoms with Gasteiger partial charge in [0.2, 0.25) is 0 Å². The molecule has 3 aromatic rings. The zero-order valence-electron chi connectivity index (χ0n) is 15.3. The van der Waals surface area contributed by atoms with Crippen LogP contribution in [0, 0.1) is 11.3 Å². The van der Waals surface area contributed by atoms with E-state index in [1.807, 2.05) is 66.7 Å². The Labute approximate surface area is 159 Å². The van der Waals surface area contributed by atoms with Crippen LogP contribution in [0.25, 0.3) is 11.1 Å². The average molecular weight is 356 g/mol. The summed E-state index contributed by atoms with van der Waals surface area (Å²) in [5.74, 6) is 0.520. The summed E-state index contributed by atoms with van der Waals surface area (Å²) in [6.07, 6.45) is -0.601. The van der Waals surface area contributed by atoms with Crippen LogP contribution in [-0.4, -0.2) is 19.1 Å². The summed E-state index contributed by atoms with van der Waals surface area (Å²) in [4.78, 5) is 14.2. The van der Waals surface area contributed by atoms with Crippen molar-refractivity contribution in [2.24, 2.45) is 0 Å². The van der Waals surface area contributed by atoms with Crippen molar-refractivity contribution in [3.8, 4) is 22.9 Å². The highest BCUT2D eigenvalue weighted by Crippen LogP contribution is 2.24. The van der Waals surface area contributed by atoms with Crippen molar-refractivity contribution in [3.05, 3.63) is 84.4 Å². The number of benzene rings is 3. The van der Waals surface area contributed by atoms with Gasteiger partial charge in [-0.2, -0.15) is 5.26 Å². The highest BCUT2D eigenvalue weighted by Gasteiger charge is 2.20. The Morgan fingerprint density at radius 1 is 0.926 bits per heavy atom. The number of nitrogens with zero attached hydrogens (tertiary/aromatic N) is 2. The number of hydrogen-bond acceptors (Lipinski definition) is 3. The minimum Gasteiger partial charge on any atom is -0.481 e. The molecular weight excluding hydrogens is 336 g/mol. The first-order valence-corrected chi connectivity index (χ1v) is 8.68. The SMILES string of the molecule is C[C@H](Oc1ccc(-c2ccc(C#N)cc2)cc1)C(=O)N(C)c1ccccc1. The number of ether oxygens (including phenoxy) is 1. The van der Waals surface area contributed by atoms with E-state index in [1.165, 1.54) is 0 Å². The fraction of sp³-hybridized carbons (Fsp3) is 0.130. The van der Waals surface area contributed by atoms with Gasteiger partial charge in [-0.3, -0.25) is 4.79 Å². The van der Waals surface area contributed by atoms with Gasteiger partial charge in [-0.15, -0.1) is 0 Å². The Kier molecular flexibility index (Phi) is 5.53. The number of amides is 1. The number of hydrogen-bond donors (Lipinski definition) is 0. The first-order valence-electron chi connectivity index (χ1n) is 8.68. The second-order valence-electron chi connectivity index (χ2n) is 6.21. The van der Waals surface area contributed by atoms with Gasteiger partial charge in [-0.25, -0.2) is 0 Å². The average Bonchev–Trinajstić information content (AvgIpc) is 2.74. The number of anilines is 1. The van der Waals surface area contributed by atoms with Gasteiger partial charge in [0.1, 0.15) is 5.75 Å². The van der Waals surface area contributed by atoms with Crippen LogP contribution in [0.2, 0.25) is 0 Å². The molecule has 1 atom stereocenters. The monoisotopic (exact) mass is 356 g/mol. The third-order valence-corrected chi connectivity index (χ3v) is 4.34. The molecule has 27 heavy (non-hydrogen) atoms. The van der Waals surface area contributed by atoms with E-state index in [2.05, 4.69) is 6.07 Å². The van der Waals surface area contributed by atoms with Crippen molar-refractivity contribution in [3.63, 3.8) is 0 Å². The van der Waals surface area contributed by atoms with Crippen molar-refractivity contribution < 1.29 is 9.53 Å². The molecule has 0 aliphatic rings. The molecule has 0 fully saturated rings. The Hall–Kier alpha value is -3.58. The van der Waals surface area contributed by atoms with Crippen LogP contribution >= 0.6 is 0 Å². The van der Waals surface area contributed by atoms with Crippen molar-refractivity contribution in [1.29, 1.82) is 5.26 Å². The Bertz CT molecular complexity index is 942. The molecule has 0 saturated heterocycles. The van der Waals surface area contributed by atoms with Gasteiger partial charge < -0.3 is 9.64 Å². The molecule has 134 valence electrons. The summed E-state index contributed by atoms with van der Waals surface area (Å²) >= 11 is 0. The van der Waals surface area contributed by atoms with Gasteiger partial charge in [-0.1, -0.05) is 42.5 Å². The molecule has 0 unspecified atom stereocenters. The van der Waals surface area contributed by atoms with E-state index in [9.17, 15) is 4.79 Å². The predicted molar refractivity (Wildman–Crippen MR) is 107 cm³/mol. The van der Waals surface area contributed by atoms with E-state index in [4.69, 9.17) is 10.00 Å². The molecule has 0 saturated carbocycles. The van der Waals surface area contributed by atoms with Crippen LogP contribution in [0.4, 0.5) is 5.69 Å². The fourth-order valence-electron chi connectivity index (χ4n) is 2.77. The van der Waals surface area contributed by atoms with Crippen LogP contribution in [0.5, 0.6) is 5.75 Å². The zero-order valence-corrected chi connectivity index (χ0v) is 15.3. The summed E-state index contributed by atoms with van der Waals surface area (Å²) in [5.41, 5.74) is 3.50. The smallest absolute Gasteiger partial charge is 0.267 e. The summed E-state index contributed by atoms with van der Waals surface area (Å²) in [5, 5.41) is 8.88. The largest absolute Gasteiger partial charge is 0.481 e. The molecule has 3 rings (SSSR count). The lowest BCUT2D eigenvalue weighted by atomic mass is 10.0. The van der Waals surface area contributed by atoms with E-state index in [0.717, 1.165) is 16.8 Å². The molecule has 1 amide bonds. The van der Waals surface area contributed by atoms with E-state index < -0.39 is 6.10 Å². The van der Waals surface area contributed by atoms with Crippen molar-refractivity contribution in [2.45, 2.75) is 13.0 Å². The van der Waals surface area contributed by atoms with Crippen LogP contribution in [0.1, 0.15) is 12.5 Å². The Morgan fingerprint density at radius 2 is 1.48 bits per heavy atom. The van der Waals surface area contributed by atoms with Crippen molar-refractivity contribution >= 4 is 11.6 Å². The van der Waals surface area contributed by atoms with E-state index >= 15 is 0 Å². The van der Waals surface area contributed by atoms with Gasteiger partial charge in [0.15, 0.2) is 6.10 Å². The van der Waals surface area contributed by atoms with Crippen molar-refractivity contribution in [1.82, 2.24) is 0 Å². The molecule has 0 aromatic heterocycles. The number of nitriles is 1. The quantitative estimate of drug-likeness (QED) is 0.668. The van der Waals surface area contributed by atoms with Crippen LogP contribution in [-0.2, 0) is 4.79 Å². The predicted octanol–water partition coefficient (Wildman–Crippen LogP) is 4.66. The van der Waals surface area contributed by atoms with E-state index in [-0.39, 0.29) is 5.91 Å². The summed E-state index contributed by atoms with van der Waals surface area (Å²) in [6.45, 7) is 1.75. The molecule has 0 spiro atoms. The van der Waals surface area contributed by atoms with Gasteiger partial charge in [0.05, 0.1) is 11.6 Å². The zero-order chi connectivity index (χ0) is 19.2. The minimum atomic E-state index is -0.601. The number of para-hydroxylation sites is 1. The molecule has 0 bridgehead atoms. The maximum atomic E-state index is 12.6. The highest BCUT2D eigenvalue weighted by atomic mass is 16.5. The maximum Gasteiger partial charge on any atom is 0.267 e. The number of carbonyl (C=O) groups excluding carboxylic acids is 1. The third kappa shape index (κ3) is 4.34. The Balaban J connectivity index is 1.66. The van der Waals surface area contributed by atoms with E-state index in [1.54, 1.807) is 31.0 Å². The second kappa shape index (κ2) is 8.20. The lowest BCUT2D eigenvalue weighted by molar-refractivity contribution is -0.124. The summed E-state index contributed by atoms with van der Waals surface area (Å²) in [6, 6.07) is 26.6. The van der Waals surface area contributed by atoms with Crippen LogP contribution in [0.15, 0.2) is 78.9 Å². The van der Waals surface area contributed by atoms with Gasteiger partial charge in [-0.05, 0) is 54.4 Å². The van der Waals surface area contributed by atoms with Crippen molar-refractivity contribution in [2.75, 3.05) is 11.9 Å². The molecule has 4 nitrogen and oxygen atoms in total. The van der Waals surface area contributed by atoms with E-state index in [0.29, 0.717) is 11.3 Å². The standard InChI is InChI=1S/C23H20N2O2/c1-17(23(26)25(2)21-6-4-3-5-7-21)27-22-14-12-20(13-15-22)19-10-8-18(16-24)9-11-19/h3-15,17H,1-2H3/t17-/m0/s1. The molecule has 4 heteroatoms. The second-order valence-corrected chi connectivity index (χ2v) is 6.21. The van der Waals surface area contributed by atoms with Gasteiger partial charge in [0.25, 0.3) is 5.91 Å². The summed E-state index contributed by atoms with van der Waals surface area (Å²) < 4.78 is 5.81. The van der Waals surface area contributed by atoms with Crippen LogP contribution in [0.3, 0.4) is 0 Å². The summed E-state index contributed by atoms with van der Waals surface area (Å²) in [7, 11) is 1.74. The lowest BCUT2D eigenvalue weighted by Gasteiger charge is -2.22. The topological polar surface area (TPSA) is 53.3 Å². The maximum absolute atomic E-state index is 12.6. The lowest BCUT2D eigenvalue weighted by Crippen LogP contribution is -2.37. The first-order chi connectivity index (χ1) is 13.1. The molecule has 0 heterocycles. The molecule has 0 aliphatic heterocycles. The minimum absolute atomic E-state index is 0.114. The molecule has 0 radical (unpaired) electrons. The van der Waals surface area contributed by atoms with Crippen LogP contribution < -0.4 is 9.64 Å². The van der Waals surface area contributed by atoms with Gasteiger partial charge in [0, 0.05) is 12.7 Å². The first kappa shape index (κ1) is 18.2. The molecule has 0 aliphatic carbocycles. The molecular formula is C23H20N2O2. The number of carbonyl (C=O) groups is 1. The number of rotatable bonds is 5. The fourth-order valence-corrected chi connectivity index (χ4v) is 2.77. The molecule has 0 N–H and O–H groups in total. The Morgan fingerprint density at radius 3 is 2.04 bits per heavy atom. The normalized spacial score (nSPS) is 11.3.